The molecule has 0 amide bonds. The molecule has 1 aliphatic carbocycles. The summed E-state index contributed by atoms with van der Waals surface area (Å²) < 4.78 is 0. The Bertz CT molecular complexity index is 206. The number of nitrogens with two attached hydrogens (primary N) is 1. The van der Waals surface area contributed by atoms with Gasteiger partial charge in [0, 0.05) is 31.1 Å². The van der Waals surface area contributed by atoms with Gasteiger partial charge in [0.15, 0.2) is 0 Å². The first-order valence-electron chi connectivity index (χ1n) is 6.74. The molecule has 1 saturated carbocycles. The van der Waals surface area contributed by atoms with Crippen LogP contribution in [0.4, 0.5) is 0 Å². The Balaban J connectivity index is 1.88. The van der Waals surface area contributed by atoms with Gasteiger partial charge in [-0.05, 0) is 30.7 Å². The van der Waals surface area contributed by atoms with Gasteiger partial charge in [-0.15, -0.1) is 0 Å². The molecule has 3 heteroatoms. The molecule has 0 bridgehead atoms. The van der Waals surface area contributed by atoms with E-state index in [0.29, 0.717) is 5.41 Å². The van der Waals surface area contributed by atoms with E-state index in [1.165, 1.54) is 56.8 Å². The average molecular weight is 242 g/mol. The summed E-state index contributed by atoms with van der Waals surface area (Å²) in [7, 11) is 0. The molecule has 1 aliphatic heterocycles. The maximum Gasteiger partial charge on any atom is 0.00729 e. The van der Waals surface area contributed by atoms with E-state index in [4.69, 9.17) is 5.73 Å². The van der Waals surface area contributed by atoms with Crippen LogP contribution in [0.15, 0.2) is 0 Å². The minimum absolute atomic E-state index is 0.453. The molecule has 0 aromatic rings. The van der Waals surface area contributed by atoms with E-state index in [9.17, 15) is 0 Å². The lowest BCUT2D eigenvalue weighted by Crippen LogP contribution is -2.47. The summed E-state index contributed by atoms with van der Waals surface area (Å²) in [6.07, 6.45) is 5.49. The maximum absolute atomic E-state index is 6.07. The van der Waals surface area contributed by atoms with E-state index < -0.39 is 0 Å². The fourth-order valence-electron chi connectivity index (χ4n) is 3.03. The van der Waals surface area contributed by atoms with Crippen molar-refractivity contribution < 1.29 is 0 Å². The molecule has 2 rings (SSSR count). The van der Waals surface area contributed by atoms with Crippen LogP contribution in [0, 0.1) is 11.3 Å². The molecule has 16 heavy (non-hydrogen) atoms. The summed E-state index contributed by atoms with van der Waals surface area (Å²) in [5, 5.41) is 0. The predicted octanol–water partition coefficient (Wildman–Crippen LogP) is 2.19. The van der Waals surface area contributed by atoms with E-state index in [1.54, 1.807) is 0 Å². The van der Waals surface area contributed by atoms with Crippen molar-refractivity contribution in [3.8, 4) is 0 Å². The lowest BCUT2D eigenvalue weighted by atomic mass is 9.70. The third-order valence-electron chi connectivity index (χ3n) is 4.43. The number of hydrogen-bond donors (Lipinski definition) is 1. The van der Waals surface area contributed by atoms with Crippen LogP contribution in [-0.4, -0.2) is 42.6 Å². The van der Waals surface area contributed by atoms with Gasteiger partial charge < -0.3 is 10.6 Å². The number of nitrogens with zero attached hydrogens (tertiary/aromatic N) is 1. The van der Waals surface area contributed by atoms with Gasteiger partial charge in [0.2, 0.25) is 0 Å². The van der Waals surface area contributed by atoms with Gasteiger partial charge in [-0.1, -0.05) is 19.8 Å². The highest BCUT2D eigenvalue weighted by atomic mass is 32.2. The highest BCUT2D eigenvalue weighted by Gasteiger charge is 2.34. The molecule has 1 saturated heterocycles. The van der Waals surface area contributed by atoms with E-state index in [-0.39, 0.29) is 0 Å². The van der Waals surface area contributed by atoms with Gasteiger partial charge in [-0.2, -0.15) is 11.8 Å². The van der Waals surface area contributed by atoms with Crippen molar-refractivity contribution in [2.24, 2.45) is 17.1 Å². The molecule has 94 valence electrons. The van der Waals surface area contributed by atoms with E-state index >= 15 is 0 Å². The van der Waals surface area contributed by atoms with Crippen LogP contribution in [-0.2, 0) is 0 Å². The third-order valence-corrected chi connectivity index (χ3v) is 5.37. The maximum atomic E-state index is 6.07. The largest absolute Gasteiger partial charge is 0.330 e. The highest BCUT2D eigenvalue weighted by Crippen LogP contribution is 2.39. The first-order chi connectivity index (χ1) is 7.74. The number of hydrogen-bond acceptors (Lipinski definition) is 3. The Morgan fingerprint density at radius 3 is 2.44 bits per heavy atom. The Morgan fingerprint density at radius 1 is 1.25 bits per heavy atom. The van der Waals surface area contributed by atoms with Crippen molar-refractivity contribution in [1.29, 1.82) is 0 Å². The SMILES string of the molecule is CC1CCC(CN)(CN2CCSCC2)CC1. The molecule has 0 atom stereocenters. The summed E-state index contributed by atoms with van der Waals surface area (Å²) in [5.41, 5.74) is 6.52. The molecule has 0 spiro atoms. The van der Waals surface area contributed by atoms with Gasteiger partial charge in [0.25, 0.3) is 0 Å². The molecule has 0 aromatic carbocycles. The van der Waals surface area contributed by atoms with Crippen molar-refractivity contribution in [3.05, 3.63) is 0 Å². The molecule has 0 radical (unpaired) electrons. The van der Waals surface area contributed by atoms with Gasteiger partial charge >= 0.3 is 0 Å². The summed E-state index contributed by atoms with van der Waals surface area (Å²) in [6.45, 7) is 7.10. The minimum Gasteiger partial charge on any atom is -0.330 e. The normalized spacial score (nSPS) is 37.5. The molecule has 0 aromatic heterocycles. The van der Waals surface area contributed by atoms with Crippen molar-refractivity contribution in [3.63, 3.8) is 0 Å². The summed E-state index contributed by atoms with van der Waals surface area (Å²) in [4.78, 5) is 2.65. The van der Waals surface area contributed by atoms with Crippen LogP contribution in [0.1, 0.15) is 32.6 Å². The monoisotopic (exact) mass is 242 g/mol. The smallest absolute Gasteiger partial charge is 0.00729 e. The van der Waals surface area contributed by atoms with Crippen molar-refractivity contribution >= 4 is 11.8 Å². The standard InChI is InChI=1S/C13H26N2S/c1-12-2-4-13(10-14,5-3-12)11-15-6-8-16-9-7-15/h12H,2-11,14H2,1H3. The highest BCUT2D eigenvalue weighted by molar-refractivity contribution is 7.99. The second-order valence-corrected chi connectivity index (χ2v) is 7.00. The van der Waals surface area contributed by atoms with E-state index in [1.807, 2.05) is 0 Å². The Labute approximate surface area is 104 Å². The summed E-state index contributed by atoms with van der Waals surface area (Å²) in [5.74, 6) is 3.56. The van der Waals surface area contributed by atoms with Crippen molar-refractivity contribution in [2.75, 3.05) is 37.7 Å². The molecule has 2 N–H and O–H groups in total. The van der Waals surface area contributed by atoms with Crippen LogP contribution in [0.25, 0.3) is 0 Å². The van der Waals surface area contributed by atoms with Crippen LogP contribution in [0.3, 0.4) is 0 Å². The number of thioether (sulfide) groups is 1. The second kappa shape index (κ2) is 5.74. The first kappa shape index (κ1) is 12.7. The van der Waals surface area contributed by atoms with Crippen molar-refractivity contribution in [1.82, 2.24) is 4.90 Å². The Hall–Kier alpha value is 0.270. The van der Waals surface area contributed by atoms with Gasteiger partial charge in [-0.3, -0.25) is 0 Å². The first-order valence-corrected chi connectivity index (χ1v) is 7.90. The predicted molar refractivity (Wildman–Crippen MR) is 72.9 cm³/mol. The van der Waals surface area contributed by atoms with Crippen LogP contribution >= 0.6 is 11.8 Å². The number of rotatable bonds is 3. The van der Waals surface area contributed by atoms with E-state index in [2.05, 4.69) is 23.6 Å². The topological polar surface area (TPSA) is 29.3 Å². The molecule has 1 heterocycles. The molecular weight excluding hydrogens is 216 g/mol. The zero-order valence-corrected chi connectivity index (χ0v) is 11.4. The fourth-order valence-corrected chi connectivity index (χ4v) is 4.01. The van der Waals surface area contributed by atoms with Crippen LogP contribution in [0.2, 0.25) is 0 Å². The molecule has 2 fully saturated rings. The lowest BCUT2D eigenvalue weighted by Gasteiger charge is -2.43. The zero-order chi connectivity index (χ0) is 11.4. The molecule has 2 aliphatic rings. The minimum atomic E-state index is 0.453. The molecule has 2 nitrogen and oxygen atoms in total. The average Bonchev–Trinajstić information content (AvgIpc) is 2.34. The molecule has 0 unspecified atom stereocenters. The molecular formula is C13H26N2S. The van der Waals surface area contributed by atoms with Crippen molar-refractivity contribution in [2.45, 2.75) is 32.6 Å². The van der Waals surface area contributed by atoms with E-state index in [0.717, 1.165) is 12.5 Å². The third kappa shape index (κ3) is 3.14. The van der Waals surface area contributed by atoms with Crippen LogP contribution in [0.5, 0.6) is 0 Å². The zero-order valence-electron chi connectivity index (χ0n) is 10.6. The Kier molecular flexibility index (Phi) is 4.57. The van der Waals surface area contributed by atoms with Gasteiger partial charge in [0.05, 0.1) is 0 Å². The van der Waals surface area contributed by atoms with Gasteiger partial charge in [0.1, 0.15) is 0 Å². The van der Waals surface area contributed by atoms with Crippen LogP contribution < -0.4 is 5.73 Å². The lowest BCUT2D eigenvalue weighted by molar-refractivity contribution is 0.100. The fraction of sp³-hybridized carbons (Fsp3) is 1.00. The summed E-state index contributed by atoms with van der Waals surface area (Å²) >= 11 is 2.09. The quantitative estimate of drug-likeness (QED) is 0.822. The summed E-state index contributed by atoms with van der Waals surface area (Å²) in [6, 6.07) is 0. The second-order valence-electron chi connectivity index (χ2n) is 5.78. The van der Waals surface area contributed by atoms with Gasteiger partial charge in [-0.25, -0.2) is 0 Å². The Morgan fingerprint density at radius 2 is 1.88 bits per heavy atom.